The minimum atomic E-state index is -0.874. The van der Waals surface area contributed by atoms with E-state index < -0.39 is 5.97 Å². The van der Waals surface area contributed by atoms with Crippen LogP contribution in [0.3, 0.4) is 0 Å². The lowest BCUT2D eigenvalue weighted by molar-refractivity contribution is -0.137. The van der Waals surface area contributed by atoms with Crippen LogP contribution in [0.5, 0.6) is 0 Å². The molecule has 0 fully saturated rings. The molecule has 1 amide bonds. The maximum absolute atomic E-state index is 12.1. The molecule has 116 valence electrons. The molecule has 1 aromatic carbocycles. The number of carbonyl (C=O) groups excluding carboxylic acids is 1. The van der Waals surface area contributed by atoms with Gasteiger partial charge in [-0.1, -0.05) is 15.9 Å². The molecular formula is C15H16BrN3O3. The molecule has 2 N–H and O–H groups in total. The third-order valence-electron chi connectivity index (χ3n) is 3.11. The molecule has 0 spiro atoms. The SMILES string of the molecule is CC(CCC(=O)O)NC(=O)c1cn(-c2ccc(Br)cc2)cn1. The van der Waals surface area contributed by atoms with Crippen LogP contribution in [-0.4, -0.2) is 32.6 Å². The fourth-order valence-electron chi connectivity index (χ4n) is 1.90. The second-order valence-electron chi connectivity index (χ2n) is 4.95. The fourth-order valence-corrected chi connectivity index (χ4v) is 2.17. The normalized spacial score (nSPS) is 11.9. The van der Waals surface area contributed by atoms with Gasteiger partial charge in [0.2, 0.25) is 0 Å². The molecule has 0 aliphatic rings. The number of amides is 1. The molecule has 1 unspecified atom stereocenters. The minimum Gasteiger partial charge on any atom is -0.481 e. The number of nitrogens with one attached hydrogen (secondary N) is 1. The van der Waals surface area contributed by atoms with E-state index in [0.717, 1.165) is 10.2 Å². The second-order valence-corrected chi connectivity index (χ2v) is 5.87. The van der Waals surface area contributed by atoms with E-state index in [1.807, 2.05) is 24.3 Å². The van der Waals surface area contributed by atoms with Crippen molar-refractivity contribution >= 4 is 27.8 Å². The Labute approximate surface area is 136 Å². The molecule has 0 bridgehead atoms. The van der Waals surface area contributed by atoms with Crippen molar-refractivity contribution in [3.63, 3.8) is 0 Å². The predicted molar refractivity (Wildman–Crippen MR) is 85.1 cm³/mol. The topological polar surface area (TPSA) is 84.2 Å². The fraction of sp³-hybridized carbons (Fsp3) is 0.267. The minimum absolute atomic E-state index is 0.0226. The summed E-state index contributed by atoms with van der Waals surface area (Å²) < 4.78 is 2.73. The highest BCUT2D eigenvalue weighted by Crippen LogP contribution is 2.14. The van der Waals surface area contributed by atoms with Crippen molar-refractivity contribution in [3.8, 4) is 5.69 Å². The van der Waals surface area contributed by atoms with E-state index in [9.17, 15) is 9.59 Å². The van der Waals surface area contributed by atoms with Gasteiger partial charge in [-0.2, -0.15) is 0 Å². The van der Waals surface area contributed by atoms with Crippen LogP contribution in [0.2, 0.25) is 0 Å². The van der Waals surface area contributed by atoms with E-state index in [4.69, 9.17) is 5.11 Å². The molecule has 0 aliphatic carbocycles. The average molecular weight is 366 g/mol. The van der Waals surface area contributed by atoms with Crippen LogP contribution in [-0.2, 0) is 4.79 Å². The first-order valence-corrected chi connectivity index (χ1v) is 7.57. The second kappa shape index (κ2) is 7.22. The van der Waals surface area contributed by atoms with Gasteiger partial charge in [-0.15, -0.1) is 0 Å². The summed E-state index contributed by atoms with van der Waals surface area (Å²) in [6, 6.07) is 7.40. The van der Waals surface area contributed by atoms with Crippen LogP contribution in [0.15, 0.2) is 41.3 Å². The van der Waals surface area contributed by atoms with Crippen molar-refractivity contribution in [2.45, 2.75) is 25.8 Å². The van der Waals surface area contributed by atoms with Crippen LogP contribution in [0.25, 0.3) is 5.69 Å². The van der Waals surface area contributed by atoms with Crippen molar-refractivity contribution in [2.75, 3.05) is 0 Å². The van der Waals surface area contributed by atoms with E-state index >= 15 is 0 Å². The highest BCUT2D eigenvalue weighted by atomic mass is 79.9. The Kier molecular flexibility index (Phi) is 5.32. The van der Waals surface area contributed by atoms with Gasteiger partial charge in [-0.25, -0.2) is 4.98 Å². The van der Waals surface area contributed by atoms with Crippen molar-refractivity contribution in [2.24, 2.45) is 0 Å². The Morgan fingerprint density at radius 1 is 1.36 bits per heavy atom. The van der Waals surface area contributed by atoms with Crippen LogP contribution < -0.4 is 5.32 Å². The van der Waals surface area contributed by atoms with Crippen LogP contribution >= 0.6 is 15.9 Å². The van der Waals surface area contributed by atoms with E-state index in [1.54, 1.807) is 24.0 Å². The molecular weight excluding hydrogens is 350 g/mol. The first-order valence-electron chi connectivity index (χ1n) is 6.78. The summed E-state index contributed by atoms with van der Waals surface area (Å²) in [5, 5.41) is 11.4. The molecule has 1 heterocycles. The van der Waals surface area contributed by atoms with Crippen molar-refractivity contribution in [1.29, 1.82) is 0 Å². The highest BCUT2D eigenvalue weighted by Gasteiger charge is 2.13. The number of carbonyl (C=O) groups is 2. The number of rotatable bonds is 6. The summed E-state index contributed by atoms with van der Waals surface area (Å²) >= 11 is 3.37. The maximum Gasteiger partial charge on any atom is 0.303 e. The summed E-state index contributed by atoms with van der Waals surface area (Å²) in [4.78, 5) is 26.7. The molecule has 2 aromatic rings. The lowest BCUT2D eigenvalue weighted by Crippen LogP contribution is -2.33. The first-order chi connectivity index (χ1) is 10.5. The first kappa shape index (κ1) is 16.2. The smallest absolute Gasteiger partial charge is 0.303 e. The number of hydrogen-bond acceptors (Lipinski definition) is 3. The van der Waals surface area contributed by atoms with Gasteiger partial charge < -0.3 is 15.0 Å². The molecule has 6 nitrogen and oxygen atoms in total. The quantitative estimate of drug-likeness (QED) is 0.823. The molecule has 0 radical (unpaired) electrons. The van der Waals surface area contributed by atoms with Gasteiger partial charge in [-0.05, 0) is 37.6 Å². The molecule has 1 atom stereocenters. The number of benzene rings is 1. The van der Waals surface area contributed by atoms with Gasteiger partial charge in [-0.3, -0.25) is 9.59 Å². The summed E-state index contributed by atoms with van der Waals surface area (Å²) in [6.07, 6.45) is 3.62. The monoisotopic (exact) mass is 365 g/mol. The number of aliphatic carboxylic acids is 1. The zero-order chi connectivity index (χ0) is 16.1. The molecule has 0 saturated heterocycles. The summed E-state index contributed by atoms with van der Waals surface area (Å²) in [6.45, 7) is 1.77. The number of imidazole rings is 1. The van der Waals surface area contributed by atoms with Gasteiger partial charge in [0.1, 0.15) is 12.0 Å². The molecule has 2 rings (SSSR count). The highest BCUT2D eigenvalue weighted by molar-refractivity contribution is 9.10. The Bertz CT molecular complexity index is 667. The average Bonchev–Trinajstić information content (AvgIpc) is 2.96. The Hall–Kier alpha value is -2.15. The van der Waals surface area contributed by atoms with Gasteiger partial charge in [0.05, 0.1) is 0 Å². The summed E-state index contributed by atoms with van der Waals surface area (Å²) in [5.74, 6) is -1.19. The third-order valence-corrected chi connectivity index (χ3v) is 3.64. The number of carboxylic acids is 1. The number of aromatic nitrogens is 2. The maximum atomic E-state index is 12.1. The van der Waals surface area contributed by atoms with Crippen LogP contribution in [0, 0.1) is 0 Å². The van der Waals surface area contributed by atoms with Crippen molar-refractivity contribution in [3.05, 3.63) is 47.0 Å². The van der Waals surface area contributed by atoms with Crippen LogP contribution in [0.1, 0.15) is 30.3 Å². The van der Waals surface area contributed by atoms with Gasteiger partial charge in [0.15, 0.2) is 0 Å². The molecule has 0 aliphatic heterocycles. The number of carboxylic acid groups (broad SMARTS) is 1. The van der Waals surface area contributed by atoms with Gasteiger partial charge in [0, 0.05) is 28.8 Å². The Morgan fingerprint density at radius 2 is 2.05 bits per heavy atom. The molecule has 1 aromatic heterocycles. The van der Waals surface area contributed by atoms with E-state index in [-0.39, 0.29) is 18.4 Å². The lowest BCUT2D eigenvalue weighted by atomic mass is 10.2. The van der Waals surface area contributed by atoms with Crippen molar-refractivity contribution < 1.29 is 14.7 Å². The molecule has 22 heavy (non-hydrogen) atoms. The Balaban J connectivity index is 2.00. The van der Waals surface area contributed by atoms with E-state index in [2.05, 4.69) is 26.2 Å². The summed E-state index contributed by atoms with van der Waals surface area (Å²) in [7, 11) is 0. The zero-order valence-electron chi connectivity index (χ0n) is 12.0. The Morgan fingerprint density at radius 3 is 2.68 bits per heavy atom. The standard InChI is InChI=1S/C15H16BrN3O3/c1-10(2-7-14(20)21)18-15(22)13-8-19(9-17-13)12-5-3-11(16)4-6-12/h3-6,8-10H,2,7H2,1H3,(H,18,22)(H,20,21). The van der Waals surface area contributed by atoms with Gasteiger partial charge in [0.25, 0.3) is 5.91 Å². The lowest BCUT2D eigenvalue weighted by Gasteiger charge is -2.11. The zero-order valence-corrected chi connectivity index (χ0v) is 13.6. The van der Waals surface area contributed by atoms with Crippen molar-refractivity contribution in [1.82, 2.24) is 14.9 Å². The summed E-state index contributed by atoms with van der Waals surface area (Å²) in [5.41, 5.74) is 1.19. The largest absolute Gasteiger partial charge is 0.481 e. The molecule has 7 heteroatoms. The van der Waals surface area contributed by atoms with E-state index in [0.29, 0.717) is 12.1 Å². The predicted octanol–water partition coefficient (Wildman–Crippen LogP) is 2.62. The third kappa shape index (κ3) is 4.42. The molecule has 0 saturated carbocycles. The number of hydrogen-bond donors (Lipinski definition) is 2. The number of nitrogens with zero attached hydrogens (tertiary/aromatic N) is 2. The van der Waals surface area contributed by atoms with Crippen LogP contribution in [0.4, 0.5) is 0 Å². The number of halogens is 1. The van der Waals surface area contributed by atoms with Gasteiger partial charge >= 0.3 is 5.97 Å². The van der Waals surface area contributed by atoms with E-state index in [1.165, 1.54) is 0 Å².